The SMILES string of the molecule is CCOC(=O)Cc1csc(NN=Cc2ccc(OCc3ccc(Cl)cc3)c(Cl)c2)n1. The molecule has 0 bridgehead atoms. The summed E-state index contributed by atoms with van der Waals surface area (Å²) in [6.07, 6.45) is 1.77. The second-order valence-corrected chi connectivity index (χ2v) is 7.80. The summed E-state index contributed by atoms with van der Waals surface area (Å²) in [4.78, 5) is 15.8. The summed E-state index contributed by atoms with van der Waals surface area (Å²) in [6.45, 7) is 2.52. The number of benzene rings is 2. The smallest absolute Gasteiger partial charge is 0.311 e. The Balaban J connectivity index is 1.52. The molecule has 0 aliphatic rings. The molecule has 0 fully saturated rings. The summed E-state index contributed by atoms with van der Waals surface area (Å²) in [5.41, 5.74) is 5.28. The van der Waals surface area contributed by atoms with Crippen molar-refractivity contribution >= 4 is 51.9 Å². The predicted molar refractivity (Wildman–Crippen MR) is 121 cm³/mol. The fourth-order valence-corrected chi connectivity index (χ4v) is 3.45. The van der Waals surface area contributed by atoms with Gasteiger partial charge in [0, 0.05) is 10.4 Å². The first-order valence-electron chi connectivity index (χ1n) is 9.09. The maximum Gasteiger partial charge on any atom is 0.311 e. The second kappa shape index (κ2) is 11.0. The average molecular weight is 464 g/mol. The highest BCUT2D eigenvalue weighted by molar-refractivity contribution is 7.13. The van der Waals surface area contributed by atoms with Gasteiger partial charge >= 0.3 is 5.97 Å². The number of halogens is 2. The van der Waals surface area contributed by atoms with Crippen LogP contribution in [-0.4, -0.2) is 23.8 Å². The highest BCUT2D eigenvalue weighted by Gasteiger charge is 2.08. The van der Waals surface area contributed by atoms with E-state index in [-0.39, 0.29) is 12.4 Å². The highest BCUT2D eigenvalue weighted by atomic mass is 35.5. The number of esters is 1. The van der Waals surface area contributed by atoms with Crippen molar-refractivity contribution in [2.24, 2.45) is 5.10 Å². The van der Waals surface area contributed by atoms with Gasteiger partial charge in [-0.1, -0.05) is 35.3 Å². The molecule has 3 rings (SSSR count). The van der Waals surface area contributed by atoms with E-state index in [9.17, 15) is 4.79 Å². The Bertz CT molecular complexity index is 1020. The lowest BCUT2D eigenvalue weighted by Crippen LogP contribution is -2.07. The Morgan fingerprint density at radius 1 is 1.23 bits per heavy atom. The quantitative estimate of drug-likeness (QED) is 0.254. The molecule has 0 spiro atoms. The molecule has 0 saturated carbocycles. The summed E-state index contributed by atoms with van der Waals surface area (Å²) in [5, 5.41) is 7.70. The number of aromatic nitrogens is 1. The minimum Gasteiger partial charge on any atom is -0.487 e. The molecule has 1 heterocycles. The molecule has 156 valence electrons. The monoisotopic (exact) mass is 463 g/mol. The van der Waals surface area contributed by atoms with Crippen LogP contribution in [0.2, 0.25) is 10.0 Å². The minimum atomic E-state index is -0.300. The maximum absolute atomic E-state index is 11.5. The van der Waals surface area contributed by atoms with E-state index in [2.05, 4.69) is 15.5 Å². The average Bonchev–Trinajstić information content (AvgIpc) is 3.16. The van der Waals surface area contributed by atoms with Crippen molar-refractivity contribution in [1.82, 2.24) is 4.98 Å². The number of anilines is 1. The van der Waals surface area contributed by atoms with Crippen LogP contribution in [-0.2, 0) is 22.6 Å². The Morgan fingerprint density at radius 2 is 2.03 bits per heavy atom. The molecule has 0 amide bonds. The Hall–Kier alpha value is -2.61. The molecule has 1 aromatic heterocycles. The molecule has 6 nitrogen and oxygen atoms in total. The third-order valence-corrected chi connectivity index (χ3v) is 5.16. The molecule has 0 radical (unpaired) electrons. The molecular weight excluding hydrogens is 445 g/mol. The summed E-state index contributed by atoms with van der Waals surface area (Å²) in [7, 11) is 0. The van der Waals surface area contributed by atoms with E-state index in [1.807, 2.05) is 30.3 Å². The molecular formula is C21H19Cl2N3O3S. The number of rotatable bonds is 9. The van der Waals surface area contributed by atoms with Crippen molar-refractivity contribution in [2.75, 3.05) is 12.0 Å². The van der Waals surface area contributed by atoms with Gasteiger partial charge in [-0.3, -0.25) is 10.2 Å². The lowest BCUT2D eigenvalue weighted by Gasteiger charge is -2.08. The number of nitrogens with zero attached hydrogens (tertiary/aromatic N) is 2. The van der Waals surface area contributed by atoms with Crippen molar-refractivity contribution < 1.29 is 14.3 Å². The summed E-state index contributed by atoms with van der Waals surface area (Å²) >= 11 is 13.6. The summed E-state index contributed by atoms with van der Waals surface area (Å²) < 4.78 is 10.7. The largest absolute Gasteiger partial charge is 0.487 e. The molecule has 0 aliphatic heterocycles. The van der Waals surface area contributed by atoms with Gasteiger partial charge in [-0.15, -0.1) is 11.3 Å². The van der Waals surface area contributed by atoms with Crippen molar-refractivity contribution in [2.45, 2.75) is 20.0 Å². The van der Waals surface area contributed by atoms with Crippen LogP contribution in [0, 0.1) is 0 Å². The van der Waals surface area contributed by atoms with E-state index in [4.69, 9.17) is 32.7 Å². The number of carbonyl (C=O) groups is 1. The molecule has 30 heavy (non-hydrogen) atoms. The molecule has 0 unspecified atom stereocenters. The number of carbonyl (C=O) groups excluding carboxylic acids is 1. The normalized spacial score (nSPS) is 10.9. The molecule has 0 saturated heterocycles. The zero-order chi connectivity index (χ0) is 21.3. The number of hydrazone groups is 1. The molecule has 0 atom stereocenters. The first-order valence-corrected chi connectivity index (χ1v) is 10.7. The zero-order valence-electron chi connectivity index (χ0n) is 16.1. The van der Waals surface area contributed by atoms with Gasteiger partial charge in [-0.2, -0.15) is 5.10 Å². The van der Waals surface area contributed by atoms with Crippen LogP contribution >= 0.6 is 34.5 Å². The number of thiazole rings is 1. The van der Waals surface area contributed by atoms with Gasteiger partial charge in [0.1, 0.15) is 12.4 Å². The summed E-state index contributed by atoms with van der Waals surface area (Å²) in [6, 6.07) is 12.8. The van der Waals surface area contributed by atoms with Gasteiger partial charge < -0.3 is 9.47 Å². The molecule has 2 aromatic carbocycles. The van der Waals surface area contributed by atoms with E-state index in [1.165, 1.54) is 11.3 Å². The topological polar surface area (TPSA) is 72.8 Å². The number of hydrogen-bond acceptors (Lipinski definition) is 7. The highest BCUT2D eigenvalue weighted by Crippen LogP contribution is 2.26. The van der Waals surface area contributed by atoms with Gasteiger partial charge in [-0.05, 0) is 48.4 Å². The van der Waals surface area contributed by atoms with E-state index < -0.39 is 0 Å². The van der Waals surface area contributed by atoms with Crippen LogP contribution in [0.4, 0.5) is 5.13 Å². The van der Waals surface area contributed by atoms with Crippen molar-refractivity contribution in [1.29, 1.82) is 0 Å². The standard InChI is InChI=1S/C21H19Cl2N3O3S/c1-2-28-20(27)10-17-13-30-21(25-17)26-24-11-15-5-8-19(18(23)9-15)29-12-14-3-6-16(22)7-4-14/h3-9,11,13H,2,10,12H2,1H3,(H,25,26). The number of hydrogen-bond donors (Lipinski definition) is 1. The van der Waals surface area contributed by atoms with Crippen LogP contribution in [0.1, 0.15) is 23.7 Å². The maximum atomic E-state index is 11.5. The zero-order valence-corrected chi connectivity index (χ0v) is 18.4. The van der Waals surface area contributed by atoms with Crippen molar-refractivity contribution in [3.63, 3.8) is 0 Å². The number of nitrogens with one attached hydrogen (secondary N) is 1. The van der Waals surface area contributed by atoms with Gasteiger partial charge in [0.25, 0.3) is 0 Å². The Labute approximate surface area is 188 Å². The Kier molecular flexibility index (Phi) is 8.07. The Morgan fingerprint density at radius 3 is 2.77 bits per heavy atom. The predicted octanol–water partition coefficient (Wildman–Crippen LogP) is 5.58. The third-order valence-electron chi connectivity index (χ3n) is 3.82. The van der Waals surface area contributed by atoms with Gasteiger partial charge in [-0.25, -0.2) is 4.98 Å². The molecule has 9 heteroatoms. The number of ether oxygens (including phenoxy) is 2. The van der Waals surface area contributed by atoms with Crippen LogP contribution < -0.4 is 10.2 Å². The van der Waals surface area contributed by atoms with Gasteiger partial charge in [0.15, 0.2) is 0 Å². The second-order valence-electron chi connectivity index (χ2n) is 6.10. The summed E-state index contributed by atoms with van der Waals surface area (Å²) in [5.74, 6) is 0.283. The lowest BCUT2D eigenvalue weighted by molar-refractivity contribution is -0.142. The van der Waals surface area contributed by atoms with Gasteiger partial charge in [0.05, 0.1) is 30.0 Å². The molecule has 3 aromatic rings. The van der Waals surface area contributed by atoms with E-state index in [0.29, 0.717) is 39.8 Å². The molecule has 1 N–H and O–H groups in total. The molecule has 0 aliphatic carbocycles. The van der Waals surface area contributed by atoms with E-state index in [0.717, 1.165) is 11.1 Å². The van der Waals surface area contributed by atoms with Crippen LogP contribution in [0.5, 0.6) is 5.75 Å². The van der Waals surface area contributed by atoms with E-state index in [1.54, 1.807) is 30.7 Å². The first-order chi connectivity index (χ1) is 14.5. The lowest BCUT2D eigenvalue weighted by atomic mass is 10.2. The van der Waals surface area contributed by atoms with Crippen LogP contribution in [0.3, 0.4) is 0 Å². The van der Waals surface area contributed by atoms with E-state index >= 15 is 0 Å². The first kappa shape index (κ1) is 22.1. The van der Waals surface area contributed by atoms with Gasteiger partial charge in [0.2, 0.25) is 5.13 Å². The fourth-order valence-electron chi connectivity index (χ4n) is 2.42. The third kappa shape index (κ3) is 6.73. The van der Waals surface area contributed by atoms with Crippen LogP contribution in [0.15, 0.2) is 52.9 Å². The minimum absolute atomic E-state index is 0.142. The van der Waals surface area contributed by atoms with Crippen molar-refractivity contribution in [3.05, 3.63) is 74.7 Å². The fraction of sp³-hybridized carbons (Fsp3) is 0.190. The van der Waals surface area contributed by atoms with Crippen LogP contribution in [0.25, 0.3) is 0 Å². The van der Waals surface area contributed by atoms with Crippen molar-refractivity contribution in [3.8, 4) is 5.75 Å².